The van der Waals surface area contributed by atoms with Crippen LogP contribution in [0.1, 0.15) is 0 Å². The number of hydrogen-bond donors (Lipinski definition) is 2. The van der Waals surface area contributed by atoms with E-state index in [4.69, 9.17) is 11.6 Å². The van der Waals surface area contributed by atoms with Crippen molar-refractivity contribution in [1.29, 1.82) is 0 Å². The summed E-state index contributed by atoms with van der Waals surface area (Å²) in [4.78, 5) is 5.85. The minimum Gasteiger partial charge on any atom is -0.335 e. The number of rotatable bonds is 1. The fourth-order valence-electron chi connectivity index (χ4n) is 0.399. The second-order valence-electron chi connectivity index (χ2n) is 1.30. The van der Waals surface area contributed by atoms with E-state index in [1.807, 2.05) is 0 Å². The van der Waals surface area contributed by atoms with E-state index in [-0.39, 0.29) is 10.2 Å². The Labute approximate surface area is 57.8 Å². The van der Waals surface area contributed by atoms with Gasteiger partial charge in [0.15, 0.2) is 15.7 Å². The highest BCUT2D eigenvalue weighted by atomic mass is 35.5. The van der Waals surface area contributed by atoms with Crippen LogP contribution in [0, 0.1) is 0 Å². The third-order valence-corrected chi connectivity index (χ3v) is 1.85. The van der Waals surface area contributed by atoms with E-state index in [0.717, 1.165) is 0 Å². The van der Waals surface area contributed by atoms with Gasteiger partial charge < -0.3 is 4.98 Å². The van der Waals surface area contributed by atoms with Crippen LogP contribution in [0.25, 0.3) is 0 Å². The number of hydrogen-bond acceptors (Lipinski definition) is 3. The SMILES string of the molecule is O=[SH](=O)c1nc[nH]c1Cl. The fraction of sp³-hybridized carbons (Fsp3) is 0. The molecule has 1 aromatic rings. The summed E-state index contributed by atoms with van der Waals surface area (Å²) in [6, 6.07) is 0. The number of H-pyrrole nitrogens is 1. The summed E-state index contributed by atoms with van der Waals surface area (Å²) in [7, 11) is -2.65. The van der Waals surface area contributed by atoms with Gasteiger partial charge in [0.05, 0.1) is 6.33 Å². The Kier molecular flexibility index (Phi) is 1.73. The van der Waals surface area contributed by atoms with Gasteiger partial charge in [-0.25, -0.2) is 13.4 Å². The lowest BCUT2D eigenvalue weighted by molar-refractivity contribution is 0.612. The molecule has 0 aliphatic heterocycles. The predicted molar refractivity (Wildman–Crippen MR) is 32.2 cm³/mol. The van der Waals surface area contributed by atoms with E-state index in [2.05, 4.69) is 9.97 Å². The first-order valence-electron chi connectivity index (χ1n) is 2.05. The van der Waals surface area contributed by atoms with Crippen molar-refractivity contribution >= 4 is 22.3 Å². The first-order chi connectivity index (χ1) is 4.22. The van der Waals surface area contributed by atoms with Gasteiger partial charge in [-0.1, -0.05) is 11.6 Å². The molecule has 0 bridgehead atoms. The van der Waals surface area contributed by atoms with Crippen molar-refractivity contribution in [2.75, 3.05) is 0 Å². The zero-order valence-electron chi connectivity index (χ0n) is 4.17. The number of thiol groups is 1. The van der Waals surface area contributed by atoms with Crippen LogP contribution in [0.4, 0.5) is 0 Å². The molecule has 1 aromatic heterocycles. The van der Waals surface area contributed by atoms with Crippen LogP contribution in [0.5, 0.6) is 0 Å². The summed E-state index contributed by atoms with van der Waals surface area (Å²) in [5.74, 6) is 0. The van der Waals surface area contributed by atoms with Gasteiger partial charge >= 0.3 is 0 Å². The van der Waals surface area contributed by atoms with Crippen LogP contribution < -0.4 is 0 Å². The van der Waals surface area contributed by atoms with Crippen LogP contribution in [-0.2, 0) is 10.7 Å². The molecule has 0 unspecified atom stereocenters. The normalized spacial score (nSPS) is 10.4. The minimum absolute atomic E-state index is 0.0612. The molecule has 0 saturated carbocycles. The standard InChI is InChI=1S/C3H3ClN2O2S/c4-2-3(9(7)8)6-1-5-2/h1,9H,(H,5,6). The lowest BCUT2D eigenvalue weighted by Gasteiger charge is -1.77. The molecular weight excluding hydrogens is 164 g/mol. The Hall–Kier alpha value is -0.550. The molecule has 0 aromatic carbocycles. The molecule has 0 amide bonds. The lowest BCUT2D eigenvalue weighted by atomic mass is 10.9. The molecule has 1 heterocycles. The highest BCUT2D eigenvalue weighted by Crippen LogP contribution is 2.09. The topological polar surface area (TPSA) is 62.8 Å². The smallest absolute Gasteiger partial charge is 0.189 e. The fourth-order valence-corrected chi connectivity index (χ4v) is 1.08. The van der Waals surface area contributed by atoms with E-state index < -0.39 is 10.7 Å². The molecule has 1 N–H and O–H groups in total. The molecule has 4 nitrogen and oxygen atoms in total. The molecule has 0 fully saturated rings. The monoisotopic (exact) mass is 166 g/mol. The quantitative estimate of drug-likeness (QED) is 0.579. The minimum atomic E-state index is -2.65. The van der Waals surface area contributed by atoms with Crippen molar-refractivity contribution in [1.82, 2.24) is 9.97 Å². The molecule has 0 aliphatic rings. The van der Waals surface area contributed by atoms with Gasteiger partial charge in [0.25, 0.3) is 0 Å². The maximum Gasteiger partial charge on any atom is 0.189 e. The van der Waals surface area contributed by atoms with E-state index in [0.29, 0.717) is 0 Å². The van der Waals surface area contributed by atoms with Crippen LogP contribution in [0.2, 0.25) is 5.15 Å². The first kappa shape index (κ1) is 6.57. The lowest BCUT2D eigenvalue weighted by Crippen LogP contribution is -1.78. The predicted octanol–water partition coefficient (Wildman–Crippen LogP) is 0.0334. The van der Waals surface area contributed by atoms with E-state index in [1.165, 1.54) is 6.33 Å². The van der Waals surface area contributed by atoms with Crippen LogP contribution in [0.15, 0.2) is 11.4 Å². The molecule has 0 spiro atoms. The van der Waals surface area contributed by atoms with Crippen LogP contribution in [0.3, 0.4) is 0 Å². The third-order valence-electron chi connectivity index (χ3n) is 0.747. The van der Waals surface area contributed by atoms with E-state index >= 15 is 0 Å². The highest BCUT2D eigenvalue weighted by molar-refractivity contribution is 7.72. The van der Waals surface area contributed by atoms with Crippen molar-refractivity contribution < 1.29 is 8.42 Å². The molecule has 9 heavy (non-hydrogen) atoms. The van der Waals surface area contributed by atoms with Gasteiger partial charge in [0.2, 0.25) is 0 Å². The van der Waals surface area contributed by atoms with Gasteiger partial charge in [0, 0.05) is 0 Å². The van der Waals surface area contributed by atoms with Crippen molar-refractivity contribution in [2.45, 2.75) is 5.03 Å². The number of halogens is 1. The molecule has 0 radical (unpaired) electrons. The largest absolute Gasteiger partial charge is 0.335 e. The first-order valence-corrected chi connectivity index (χ1v) is 3.60. The molecule has 6 heteroatoms. The summed E-state index contributed by atoms with van der Waals surface area (Å²) in [5, 5.41) is -0.0437. The highest BCUT2D eigenvalue weighted by Gasteiger charge is 2.02. The van der Waals surface area contributed by atoms with Gasteiger partial charge in [-0.2, -0.15) is 0 Å². The summed E-state index contributed by atoms with van der Waals surface area (Å²) in [6.45, 7) is 0. The maximum atomic E-state index is 10.2. The molecule has 0 saturated heterocycles. The summed E-state index contributed by atoms with van der Waals surface area (Å²) < 4.78 is 20.3. The summed E-state index contributed by atoms with van der Waals surface area (Å²) in [5.41, 5.74) is 0. The number of nitrogens with zero attached hydrogens (tertiary/aromatic N) is 1. The number of nitrogens with one attached hydrogen (secondary N) is 1. The average Bonchev–Trinajstić information content (AvgIpc) is 2.13. The molecular formula is C3H3ClN2O2S. The molecule has 1 rings (SSSR count). The Morgan fingerprint density at radius 1 is 1.67 bits per heavy atom. The number of aromatic amines is 1. The zero-order valence-corrected chi connectivity index (χ0v) is 5.82. The van der Waals surface area contributed by atoms with Crippen molar-refractivity contribution in [3.63, 3.8) is 0 Å². The Morgan fingerprint density at radius 2 is 2.33 bits per heavy atom. The Bertz CT molecular complexity index is 271. The van der Waals surface area contributed by atoms with Crippen molar-refractivity contribution in [3.8, 4) is 0 Å². The Morgan fingerprint density at radius 3 is 2.56 bits per heavy atom. The van der Waals surface area contributed by atoms with Gasteiger partial charge in [-0.05, 0) is 0 Å². The van der Waals surface area contributed by atoms with Gasteiger partial charge in [-0.15, -0.1) is 0 Å². The number of aromatic nitrogens is 2. The molecule has 0 aliphatic carbocycles. The Balaban J connectivity index is 3.23. The van der Waals surface area contributed by atoms with Crippen molar-refractivity contribution in [2.24, 2.45) is 0 Å². The molecule has 0 atom stereocenters. The zero-order chi connectivity index (χ0) is 6.85. The van der Waals surface area contributed by atoms with Gasteiger partial charge in [0.1, 0.15) is 5.15 Å². The second kappa shape index (κ2) is 2.36. The molecule has 50 valence electrons. The average molecular weight is 167 g/mol. The summed E-state index contributed by atoms with van der Waals surface area (Å²) >= 11 is 5.33. The summed E-state index contributed by atoms with van der Waals surface area (Å²) in [6.07, 6.45) is 1.22. The number of imidazole rings is 1. The van der Waals surface area contributed by atoms with E-state index in [9.17, 15) is 8.42 Å². The van der Waals surface area contributed by atoms with Crippen LogP contribution in [-0.4, -0.2) is 18.4 Å². The third kappa shape index (κ3) is 1.22. The van der Waals surface area contributed by atoms with E-state index in [1.54, 1.807) is 0 Å². The maximum absolute atomic E-state index is 10.2. The van der Waals surface area contributed by atoms with Gasteiger partial charge in [-0.3, -0.25) is 0 Å². The van der Waals surface area contributed by atoms with Crippen molar-refractivity contribution in [3.05, 3.63) is 11.5 Å². The van der Waals surface area contributed by atoms with Crippen LogP contribution >= 0.6 is 11.6 Å². The second-order valence-corrected chi connectivity index (χ2v) is 2.61.